The van der Waals surface area contributed by atoms with Crippen LogP contribution in [0.2, 0.25) is 0 Å². The molecule has 0 aliphatic heterocycles. The van der Waals surface area contributed by atoms with Gasteiger partial charge in [0.15, 0.2) is 0 Å². The van der Waals surface area contributed by atoms with Crippen LogP contribution < -0.4 is 4.80 Å². The Kier molecular flexibility index (Phi) is 5.87. The normalized spacial score (nSPS) is 12.6. The third-order valence-corrected chi connectivity index (χ3v) is 6.29. The van der Waals surface area contributed by atoms with Gasteiger partial charge in [-0.05, 0) is 37.3 Å². The Bertz CT molecular complexity index is 1180. The highest BCUT2D eigenvalue weighted by atomic mass is 32.2. The van der Waals surface area contributed by atoms with Crippen molar-refractivity contribution in [1.29, 1.82) is 0 Å². The van der Waals surface area contributed by atoms with Crippen LogP contribution in [0.3, 0.4) is 0 Å². The van der Waals surface area contributed by atoms with E-state index in [4.69, 9.17) is 4.74 Å². The molecule has 2 aromatic carbocycles. The standard InChI is InChI=1S/C17H16FN3O5S2/c1-2-26-10-9-20-15-8-5-13(21(22)23)11-16(15)27-17(20)19-28(24,25)14-6-3-12(18)4-7-14/h3-8,11H,2,9-10H2,1H3/b19-17-. The van der Waals surface area contributed by atoms with Crippen LogP contribution in [-0.2, 0) is 21.3 Å². The van der Waals surface area contributed by atoms with Crippen molar-refractivity contribution < 1.29 is 22.5 Å². The molecule has 3 aromatic rings. The van der Waals surface area contributed by atoms with E-state index in [1.807, 2.05) is 6.92 Å². The molecule has 3 rings (SSSR count). The van der Waals surface area contributed by atoms with Gasteiger partial charge >= 0.3 is 0 Å². The molecule has 0 bridgehead atoms. The van der Waals surface area contributed by atoms with E-state index >= 15 is 0 Å². The number of hydrogen-bond donors (Lipinski definition) is 0. The second kappa shape index (κ2) is 8.17. The molecule has 0 spiro atoms. The van der Waals surface area contributed by atoms with Crippen LogP contribution in [0.4, 0.5) is 10.1 Å². The quantitative estimate of drug-likeness (QED) is 0.329. The molecule has 0 amide bonds. The lowest BCUT2D eigenvalue weighted by Crippen LogP contribution is -2.19. The van der Waals surface area contributed by atoms with Crippen LogP contribution in [0.15, 0.2) is 51.8 Å². The molecule has 11 heteroatoms. The highest BCUT2D eigenvalue weighted by molar-refractivity contribution is 7.90. The van der Waals surface area contributed by atoms with Crippen LogP contribution in [0.5, 0.6) is 0 Å². The monoisotopic (exact) mass is 425 g/mol. The minimum atomic E-state index is -4.08. The zero-order valence-electron chi connectivity index (χ0n) is 14.7. The predicted molar refractivity (Wildman–Crippen MR) is 102 cm³/mol. The first kappa shape index (κ1) is 20.1. The molecule has 28 heavy (non-hydrogen) atoms. The van der Waals surface area contributed by atoms with Gasteiger partial charge in [0.05, 0.1) is 26.6 Å². The van der Waals surface area contributed by atoms with Crippen molar-refractivity contribution >= 4 is 37.3 Å². The van der Waals surface area contributed by atoms with Crippen LogP contribution in [0.25, 0.3) is 10.2 Å². The van der Waals surface area contributed by atoms with Gasteiger partial charge in [-0.2, -0.15) is 8.42 Å². The first-order valence-corrected chi connectivity index (χ1v) is 10.5. The molecule has 1 aromatic heterocycles. The fourth-order valence-electron chi connectivity index (χ4n) is 2.52. The number of aromatic nitrogens is 1. The third-order valence-electron chi connectivity index (χ3n) is 3.85. The van der Waals surface area contributed by atoms with Gasteiger partial charge in [0.1, 0.15) is 5.82 Å². The van der Waals surface area contributed by atoms with Gasteiger partial charge in [-0.25, -0.2) is 4.39 Å². The Morgan fingerprint density at radius 2 is 1.96 bits per heavy atom. The van der Waals surface area contributed by atoms with Crippen molar-refractivity contribution in [1.82, 2.24) is 4.57 Å². The summed E-state index contributed by atoms with van der Waals surface area (Å²) < 4.78 is 49.7. The number of non-ortho nitro benzene ring substituents is 1. The Balaban J connectivity index is 2.16. The summed E-state index contributed by atoms with van der Waals surface area (Å²) >= 11 is 1.02. The van der Waals surface area contributed by atoms with Gasteiger partial charge in [0.25, 0.3) is 15.7 Å². The first-order valence-electron chi connectivity index (χ1n) is 8.24. The summed E-state index contributed by atoms with van der Waals surface area (Å²) in [5, 5.41) is 11.0. The topological polar surface area (TPSA) is 104 Å². The number of ether oxygens (including phenoxy) is 1. The lowest BCUT2D eigenvalue weighted by atomic mass is 10.3. The Hall–Kier alpha value is -2.63. The maximum absolute atomic E-state index is 13.1. The van der Waals surface area contributed by atoms with E-state index in [0.717, 1.165) is 35.6 Å². The smallest absolute Gasteiger partial charge is 0.285 e. The summed E-state index contributed by atoms with van der Waals surface area (Å²) in [6.07, 6.45) is 0. The van der Waals surface area contributed by atoms with Crippen LogP contribution in [0.1, 0.15) is 6.92 Å². The number of nitro groups is 1. The van der Waals surface area contributed by atoms with E-state index in [9.17, 15) is 22.9 Å². The fraction of sp³-hybridized carbons (Fsp3) is 0.235. The Morgan fingerprint density at radius 1 is 1.25 bits per heavy atom. The summed E-state index contributed by atoms with van der Waals surface area (Å²) in [7, 11) is -4.08. The molecular weight excluding hydrogens is 409 g/mol. The third kappa shape index (κ3) is 4.26. The summed E-state index contributed by atoms with van der Waals surface area (Å²) in [5.74, 6) is -0.556. The number of sulfonamides is 1. The van der Waals surface area contributed by atoms with Crippen LogP contribution in [-0.4, -0.2) is 31.1 Å². The van der Waals surface area contributed by atoms with E-state index in [-0.39, 0.29) is 15.4 Å². The summed E-state index contributed by atoms with van der Waals surface area (Å²) in [6.45, 7) is 2.98. The van der Waals surface area contributed by atoms with Gasteiger partial charge < -0.3 is 9.30 Å². The van der Waals surface area contributed by atoms with Crippen LogP contribution >= 0.6 is 11.3 Å². The highest BCUT2D eigenvalue weighted by Crippen LogP contribution is 2.24. The maximum atomic E-state index is 13.1. The molecule has 0 aliphatic carbocycles. The van der Waals surface area contributed by atoms with Crippen molar-refractivity contribution in [2.24, 2.45) is 4.40 Å². The zero-order valence-corrected chi connectivity index (χ0v) is 16.4. The van der Waals surface area contributed by atoms with Crippen molar-refractivity contribution in [2.75, 3.05) is 13.2 Å². The molecular formula is C17H16FN3O5S2. The number of benzene rings is 2. The van der Waals surface area contributed by atoms with Gasteiger partial charge in [-0.15, -0.1) is 4.40 Å². The van der Waals surface area contributed by atoms with Gasteiger partial charge in [0, 0.05) is 25.3 Å². The predicted octanol–water partition coefficient (Wildman–Crippen LogP) is 3.08. The van der Waals surface area contributed by atoms with Gasteiger partial charge in [0.2, 0.25) is 4.80 Å². The Labute approximate surface area is 163 Å². The summed E-state index contributed by atoms with van der Waals surface area (Å²) in [6, 6.07) is 8.64. The molecule has 1 heterocycles. The van der Waals surface area contributed by atoms with E-state index in [1.165, 1.54) is 12.1 Å². The molecule has 0 aliphatic rings. The minimum Gasteiger partial charge on any atom is -0.380 e. The van der Waals surface area contributed by atoms with E-state index in [1.54, 1.807) is 10.6 Å². The number of nitro benzene ring substituents is 1. The molecule has 8 nitrogen and oxygen atoms in total. The number of nitrogens with zero attached hydrogens (tertiary/aromatic N) is 3. The average molecular weight is 425 g/mol. The zero-order chi connectivity index (χ0) is 20.3. The SMILES string of the molecule is CCOCCn1/c(=N/S(=O)(=O)c2ccc(F)cc2)sc2cc([N+](=O)[O-])ccc21. The lowest BCUT2D eigenvalue weighted by Gasteiger charge is -2.05. The molecule has 0 N–H and O–H groups in total. The van der Waals surface area contributed by atoms with Crippen molar-refractivity contribution in [3.8, 4) is 0 Å². The molecule has 0 fully saturated rings. The van der Waals surface area contributed by atoms with E-state index < -0.39 is 20.8 Å². The van der Waals surface area contributed by atoms with E-state index in [0.29, 0.717) is 30.0 Å². The number of hydrogen-bond acceptors (Lipinski definition) is 6. The molecule has 148 valence electrons. The largest absolute Gasteiger partial charge is 0.380 e. The number of thiazole rings is 1. The molecule has 0 atom stereocenters. The molecule has 0 saturated heterocycles. The lowest BCUT2D eigenvalue weighted by molar-refractivity contribution is -0.384. The molecule has 0 saturated carbocycles. The number of rotatable bonds is 7. The minimum absolute atomic E-state index is 0.0985. The summed E-state index contributed by atoms with van der Waals surface area (Å²) in [4.78, 5) is 10.5. The Morgan fingerprint density at radius 3 is 2.61 bits per heavy atom. The maximum Gasteiger partial charge on any atom is 0.285 e. The van der Waals surface area contributed by atoms with Crippen molar-refractivity contribution in [2.45, 2.75) is 18.4 Å². The van der Waals surface area contributed by atoms with Crippen molar-refractivity contribution in [3.63, 3.8) is 0 Å². The first-order chi connectivity index (χ1) is 13.3. The molecule has 0 radical (unpaired) electrons. The number of halogens is 1. The number of fused-ring (bicyclic) bond motifs is 1. The van der Waals surface area contributed by atoms with Gasteiger partial charge in [-0.1, -0.05) is 11.3 Å². The second-order valence-corrected chi connectivity index (χ2v) is 8.28. The average Bonchev–Trinajstić information content (AvgIpc) is 2.98. The van der Waals surface area contributed by atoms with Crippen LogP contribution in [0, 0.1) is 15.9 Å². The summed E-state index contributed by atoms with van der Waals surface area (Å²) in [5.41, 5.74) is 0.516. The van der Waals surface area contributed by atoms with Crippen molar-refractivity contribution in [3.05, 3.63) is 63.2 Å². The highest BCUT2D eigenvalue weighted by Gasteiger charge is 2.16. The second-order valence-electron chi connectivity index (χ2n) is 5.66. The fourth-order valence-corrected chi connectivity index (χ4v) is 4.82. The van der Waals surface area contributed by atoms with Gasteiger partial charge in [-0.3, -0.25) is 10.1 Å². The van der Waals surface area contributed by atoms with E-state index in [2.05, 4.69) is 4.40 Å². The molecule has 0 unspecified atom stereocenters.